The number of nitrogens with zero attached hydrogens (tertiary/aromatic N) is 1. The minimum Gasteiger partial charge on any atom is -0.395 e. The van der Waals surface area contributed by atoms with Crippen molar-refractivity contribution in [1.82, 2.24) is 0 Å². The largest absolute Gasteiger partial charge is 0.395 e. The van der Waals surface area contributed by atoms with Crippen LogP contribution >= 0.6 is 12.2 Å². The first-order valence-electron chi connectivity index (χ1n) is 5.99. The maximum atomic E-state index is 9.13. The normalized spacial score (nSPS) is 15.4. The summed E-state index contributed by atoms with van der Waals surface area (Å²) < 4.78 is 0. The smallest absolute Gasteiger partial charge is 0.103 e. The number of aliphatic hydroxyl groups is 1. The van der Waals surface area contributed by atoms with Gasteiger partial charge in [0.15, 0.2) is 0 Å². The van der Waals surface area contributed by atoms with Crippen LogP contribution in [0.25, 0.3) is 0 Å². The van der Waals surface area contributed by atoms with E-state index in [1.54, 1.807) is 0 Å². The molecular weight excluding hydrogens is 232 g/mol. The third-order valence-corrected chi connectivity index (χ3v) is 3.58. The van der Waals surface area contributed by atoms with Gasteiger partial charge in [0.1, 0.15) is 4.99 Å². The first-order chi connectivity index (χ1) is 8.22. The van der Waals surface area contributed by atoms with Gasteiger partial charge in [0.05, 0.1) is 6.61 Å². The van der Waals surface area contributed by atoms with Crippen LogP contribution in [0.4, 0.5) is 5.69 Å². The van der Waals surface area contributed by atoms with Crippen molar-refractivity contribution >= 4 is 22.9 Å². The highest BCUT2D eigenvalue weighted by molar-refractivity contribution is 7.80. The minimum absolute atomic E-state index is 0.188. The second-order valence-electron chi connectivity index (χ2n) is 4.41. The van der Waals surface area contributed by atoms with Crippen molar-refractivity contribution in [3.63, 3.8) is 0 Å². The molecule has 1 saturated carbocycles. The van der Waals surface area contributed by atoms with Gasteiger partial charge in [-0.25, -0.2) is 0 Å². The Morgan fingerprint density at radius 3 is 2.41 bits per heavy atom. The molecule has 0 aliphatic heterocycles. The van der Waals surface area contributed by atoms with Crippen molar-refractivity contribution in [2.75, 3.05) is 18.1 Å². The van der Waals surface area contributed by atoms with Gasteiger partial charge < -0.3 is 15.7 Å². The number of thiocarbonyl (C=S) groups is 1. The lowest BCUT2D eigenvalue weighted by Gasteiger charge is -2.39. The molecule has 0 amide bonds. The van der Waals surface area contributed by atoms with Gasteiger partial charge in [-0.3, -0.25) is 0 Å². The van der Waals surface area contributed by atoms with E-state index < -0.39 is 0 Å². The molecule has 0 bridgehead atoms. The summed E-state index contributed by atoms with van der Waals surface area (Å²) >= 11 is 4.93. The van der Waals surface area contributed by atoms with E-state index in [1.807, 2.05) is 24.3 Å². The molecule has 1 aliphatic carbocycles. The third-order valence-electron chi connectivity index (χ3n) is 3.34. The predicted octanol–water partition coefficient (Wildman–Crippen LogP) is 1.67. The summed E-state index contributed by atoms with van der Waals surface area (Å²) in [4.78, 5) is 2.70. The predicted molar refractivity (Wildman–Crippen MR) is 74.4 cm³/mol. The summed E-state index contributed by atoms with van der Waals surface area (Å²) in [5.41, 5.74) is 7.61. The van der Waals surface area contributed by atoms with E-state index in [2.05, 4.69) is 4.90 Å². The van der Waals surface area contributed by atoms with Crippen LogP contribution in [-0.4, -0.2) is 29.3 Å². The summed E-state index contributed by atoms with van der Waals surface area (Å²) in [7, 11) is 0. The Morgan fingerprint density at radius 1 is 1.35 bits per heavy atom. The van der Waals surface area contributed by atoms with Crippen LogP contribution in [-0.2, 0) is 0 Å². The molecule has 4 heteroatoms. The van der Waals surface area contributed by atoms with Crippen LogP contribution in [0.2, 0.25) is 0 Å². The quantitative estimate of drug-likeness (QED) is 0.781. The highest BCUT2D eigenvalue weighted by Crippen LogP contribution is 2.29. The second kappa shape index (κ2) is 5.47. The van der Waals surface area contributed by atoms with Crippen molar-refractivity contribution in [3.8, 4) is 0 Å². The third kappa shape index (κ3) is 2.76. The topological polar surface area (TPSA) is 49.5 Å². The van der Waals surface area contributed by atoms with Crippen LogP contribution in [0.15, 0.2) is 24.3 Å². The average molecular weight is 250 g/mol. The number of hydrogen-bond acceptors (Lipinski definition) is 3. The SMILES string of the molecule is NC(=S)c1ccc(N(CCO)C2CCC2)cc1. The molecule has 1 aromatic rings. The number of benzene rings is 1. The summed E-state index contributed by atoms with van der Waals surface area (Å²) in [6.07, 6.45) is 3.73. The molecule has 3 N–H and O–H groups in total. The van der Waals surface area contributed by atoms with Gasteiger partial charge in [0.2, 0.25) is 0 Å². The molecule has 0 heterocycles. The maximum absolute atomic E-state index is 9.13. The molecule has 1 aromatic carbocycles. The Kier molecular flexibility index (Phi) is 3.97. The van der Waals surface area contributed by atoms with Gasteiger partial charge in [-0.05, 0) is 43.5 Å². The van der Waals surface area contributed by atoms with Gasteiger partial charge in [-0.1, -0.05) is 12.2 Å². The molecule has 0 spiro atoms. The zero-order valence-corrected chi connectivity index (χ0v) is 10.6. The first kappa shape index (κ1) is 12.3. The molecular formula is C13H18N2OS. The zero-order chi connectivity index (χ0) is 12.3. The maximum Gasteiger partial charge on any atom is 0.103 e. The van der Waals surface area contributed by atoms with Crippen molar-refractivity contribution in [2.24, 2.45) is 5.73 Å². The van der Waals surface area contributed by atoms with Crippen molar-refractivity contribution in [1.29, 1.82) is 0 Å². The van der Waals surface area contributed by atoms with E-state index in [-0.39, 0.29) is 6.61 Å². The van der Waals surface area contributed by atoms with E-state index in [9.17, 15) is 0 Å². The van der Waals surface area contributed by atoms with Crippen LogP contribution in [0.5, 0.6) is 0 Å². The molecule has 0 unspecified atom stereocenters. The van der Waals surface area contributed by atoms with Gasteiger partial charge in [0.25, 0.3) is 0 Å². The van der Waals surface area contributed by atoms with E-state index >= 15 is 0 Å². The molecule has 0 atom stereocenters. The van der Waals surface area contributed by atoms with Crippen LogP contribution in [0.3, 0.4) is 0 Å². The Labute approximate surface area is 107 Å². The summed E-state index contributed by atoms with van der Waals surface area (Å²) in [5, 5.41) is 9.13. The number of hydrogen-bond donors (Lipinski definition) is 2. The highest BCUT2D eigenvalue weighted by atomic mass is 32.1. The Morgan fingerprint density at radius 2 is 2.00 bits per heavy atom. The number of rotatable bonds is 5. The van der Waals surface area contributed by atoms with Gasteiger partial charge in [-0.2, -0.15) is 0 Å². The van der Waals surface area contributed by atoms with Crippen LogP contribution in [0, 0.1) is 0 Å². The van der Waals surface area contributed by atoms with Gasteiger partial charge in [-0.15, -0.1) is 0 Å². The zero-order valence-electron chi connectivity index (χ0n) is 9.80. The molecule has 1 aliphatic rings. The first-order valence-corrected chi connectivity index (χ1v) is 6.40. The van der Waals surface area contributed by atoms with E-state index in [1.165, 1.54) is 19.3 Å². The molecule has 92 valence electrons. The molecule has 3 nitrogen and oxygen atoms in total. The molecule has 0 radical (unpaired) electrons. The molecule has 17 heavy (non-hydrogen) atoms. The van der Waals surface area contributed by atoms with Crippen molar-refractivity contribution in [2.45, 2.75) is 25.3 Å². The lowest BCUT2D eigenvalue weighted by atomic mass is 9.91. The lowest BCUT2D eigenvalue weighted by molar-refractivity contribution is 0.283. The fraction of sp³-hybridized carbons (Fsp3) is 0.462. The molecule has 2 rings (SSSR count). The van der Waals surface area contributed by atoms with Crippen LogP contribution in [0.1, 0.15) is 24.8 Å². The number of anilines is 1. The Balaban J connectivity index is 2.14. The minimum atomic E-state index is 0.188. The highest BCUT2D eigenvalue weighted by Gasteiger charge is 2.24. The fourth-order valence-electron chi connectivity index (χ4n) is 2.15. The summed E-state index contributed by atoms with van der Waals surface area (Å²) in [6.45, 7) is 0.880. The number of aliphatic hydroxyl groups excluding tert-OH is 1. The molecule has 0 aromatic heterocycles. The standard InChI is InChI=1S/C13H18N2OS/c14-13(17)10-4-6-12(7-5-10)15(8-9-16)11-2-1-3-11/h4-7,11,16H,1-3,8-9H2,(H2,14,17). The van der Waals surface area contributed by atoms with Gasteiger partial charge >= 0.3 is 0 Å². The lowest BCUT2D eigenvalue weighted by Crippen LogP contribution is -2.41. The van der Waals surface area contributed by atoms with Gasteiger partial charge in [0, 0.05) is 23.8 Å². The average Bonchev–Trinajstić information content (AvgIpc) is 2.26. The van der Waals surface area contributed by atoms with Crippen molar-refractivity contribution in [3.05, 3.63) is 29.8 Å². The summed E-state index contributed by atoms with van der Waals surface area (Å²) in [5.74, 6) is 0. The summed E-state index contributed by atoms with van der Waals surface area (Å²) in [6, 6.07) is 8.53. The Hall–Kier alpha value is -1.13. The van der Waals surface area contributed by atoms with Crippen molar-refractivity contribution < 1.29 is 5.11 Å². The van der Waals surface area contributed by atoms with E-state index in [4.69, 9.17) is 23.1 Å². The molecule has 1 fully saturated rings. The monoisotopic (exact) mass is 250 g/mol. The fourth-order valence-corrected chi connectivity index (χ4v) is 2.28. The van der Waals surface area contributed by atoms with E-state index in [0.29, 0.717) is 17.6 Å². The van der Waals surface area contributed by atoms with E-state index in [0.717, 1.165) is 11.3 Å². The second-order valence-corrected chi connectivity index (χ2v) is 4.85. The number of nitrogens with two attached hydrogens (primary N) is 1. The molecule has 0 saturated heterocycles. The van der Waals surface area contributed by atoms with Crippen LogP contribution < -0.4 is 10.6 Å². The Bertz CT molecular complexity index is 387.